The van der Waals surface area contributed by atoms with E-state index in [0.717, 1.165) is 23.8 Å². The lowest BCUT2D eigenvalue weighted by Crippen LogP contribution is -2.42. The molecule has 2 saturated carbocycles. The lowest BCUT2D eigenvalue weighted by molar-refractivity contribution is 0.0903. The summed E-state index contributed by atoms with van der Waals surface area (Å²) in [6.07, 6.45) is 13.2. The fourth-order valence-electron chi connectivity index (χ4n) is 4.83. The molecule has 1 heterocycles. The second kappa shape index (κ2) is 5.50. The Morgan fingerprint density at radius 2 is 1.56 bits per heavy atom. The van der Waals surface area contributed by atoms with E-state index in [2.05, 4.69) is 4.90 Å². The third kappa shape index (κ3) is 2.60. The summed E-state index contributed by atoms with van der Waals surface area (Å²) in [4.78, 5) is 2.75. The van der Waals surface area contributed by atoms with Crippen LogP contribution in [-0.4, -0.2) is 31.1 Å². The van der Waals surface area contributed by atoms with Crippen molar-refractivity contribution in [2.24, 2.45) is 23.0 Å². The van der Waals surface area contributed by atoms with Crippen LogP contribution in [0.5, 0.6) is 0 Å². The lowest BCUT2D eigenvalue weighted by atomic mass is 9.77. The van der Waals surface area contributed by atoms with E-state index in [1.54, 1.807) is 0 Å². The van der Waals surface area contributed by atoms with E-state index in [0.29, 0.717) is 0 Å². The number of hydrogen-bond acceptors (Lipinski definition) is 2. The lowest BCUT2D eigenvalue weighted by Gasteiger charge is -2.40. The first kappa shape index (κ1) is 12.9. The van der Waals surface area contributed by atoms with Gasteiger partial charge in [0, 0.05) is 6.54 Å². The Bertz CT molecular complexity index is 260. The first-order valence-electron chi connectivity index (χ1n) is 8.24. The van der Waals surface area contributed by atoms with Crippen molar-refractivity contribution in [3.8, 4) is 0 Å². The average molecular weight is 250 g/mol. The van der Waals surface area contributed by atoms with Gasteiger partial charge in [-0.25, -0.2) is 0 Å². The first-order valence-corrected chi connectivity index (χ1v) is 8.24. The number of rotatable bonds is 3. The van der Waals surface area contributed by atoms with Gasteiger partial charge in [-0.2, -0.15) is 0 Å². The highest BCUT2D eigenvalue weighted by Crippen LogP contribution is 2.46. The predicted octanol–water partition coefficient (Wildman–Crippen LogP) is 3.02. The van der Waals surface area contributed by atoms with Gasteiger partial charge in [0.2, 0.25) is 0 Å². The van der Waals surface area contributed by atoms with Crippen LogP contribution in [0.1, 0.15) is 57.8 Å². The number of hydrogen-bond donors (Lipinski definition) is 1. The second-order valence-corrected chi connectivity index (χ2v) is 7.19. The maximum absolute atomic E-state index is 5.91. The van der Waals surface area contributed by atoms with Crippen LogP contribution in [0.15, 0.2) is 0 Å². The zero-order valence-electron chi connectivity index (χ0n) is 11.9. The summed E-state index contributed by atoms with van der Waals surface area (Å²) in [6, 6.07) is 0. The molecule has 2 atom stereocenters. The molecule has 1 saturated heterocycles. The molecule has 0 aromatic rings. The summed E-state index contributed by atoms with van der Waals surface area (Å²) < 4.78 is 0. The normalized spacial score (nSPS) is 36.5. The van der Waals surface area contributed by atoms with Gasteiger partial charge < -0.3 is 10.6 Å². The summed E-state index contributed by atoms with van der Waals surface area (Å²) in [5.41, 5.74) is 6.68. The van der Waals surface area contributed by atoms with Gasteiger partial charge >= 0.3 is 0 Å². The van der Waals surface area contributed by atoms with Crippen molar-refractivity contribution in [1.29, 1.82) is 0 Å². The Morgan fingerprint density at radius 1 is 0.889 bits per heavy atom. The first-order chi connectivity index (χ1) is 8.81. The van der Waals surface area contributed by atoms with Gasteiger partial charge in [-0.15, -0.1) is 0 Å². The van der Waals surface area contributed by atoms with Crippen LogP contribution >= 0.6 is 0 Å². The molecule has 0 amide bonds. The molecule has 104 valence electrons. The molecule has 0 radical (unpaired) electrons. The maximum atomic E-state index is 5.91. The standard InChI is InChI=1S/C16H30N2/c17-12-14-4-3-5-15(14)13-18-10-8-16(9-11-18)6-1-2-7-16/h14-15H,1-13,17H2. The molecule has 1 aliphatic heterocycles. The van der Waals surface area contributed by atoms with E-state index >= 15 is 0 Å². The van der Waals surface area contributed by atoms with E-state index in [9.17, 15) is 0 Å². The van der Waals surface area contributed by atoms with E-state index in [1.165, 1.54) is 77.4 Å². The fourth-order valence-corrected chi connectivity index (χ4v) is 4.83. The molecule has 3 aliphatic rings. The molecule has 18 heavy (non-hydrogen) atoms. The van der Waals surface area contributed by atoms with Crippen molar-refractivity contribution < 1.29 is 0 Å². The summed E-state index contributed by atoms with van der Waals surface area (Å²) in [6.45, 7) is 5.00. The van der Waals surface area contributed by atoms with Crippen molar-refractivity contribution in [1.82, 2.24) is 4.90 Å². The van der Waals surface area contributed by atoms with Gasteiger partial charge in [0.1, 0.15) is 0 Å². The largest absolute Gasteiger partial charge is 0.330 e. The smallest absolute Gasteiger partial charge is 0.00128 e. The molecule has 3 fully saturated rings. The third-order valence-corrected chi connectivity index (χ3v) is 6.19. The molecular weight excluding hydrogens is 220 g/mol. The minimum Gasteiger partial charge on any atom is -0.330 e. The van der Waals surface area contributed by atoms with Gasteiger partial charge in [0.05, 0.1) is 0 Å². The minimum absolute atomic E-state index is 0.777. The van der Waals surface area contributed by atoms with Crippen molar-refractivity contribution in [2.45, 2.75) is 57.8 Å². The summed E-state index contributed by atoms with van der Waals surface area (Å²) in [7, 11) is 0. The van der Waals surface area contributed by atoms with Crippen LogP contribution < -0.4 is 5.73 Å². The summed E-state index contributed by atoms with van der Waals surface area (Å²) in [5, 5.41) is 0. The number of piperidine rings is 1. The Morgan fingerprint density at radius 3 is 2.22 bits per heavy atom. The zero-order chi connectivity index (χ0) is 12.4. The second-order valence-electron chi connectivity index (χ2n) is 7.19. The number of nitrogens with two attached hydrogens (primary N) is 1. The Balaban J connectivity index is 1.48. The summed E-state index contributed by atoms with van der Waals surface area (Å²) in [5.74, 6) is 1.74. The topological polar surface area (TPSA) is 29.3 Å². The van der Waals surface area contributed by atoms with Gasteiger partial charge in [0.25, 0.3) is 0 Å². The molecule has 2 aliphatic carbocycles. The van der Waals surface area contributed by atoms with Crippen LogP contribution in [0.2, 0.25) is 0 Å². The number of nitrogens with zero attached hydrogens (tertiary/aromatic N) is 1. The zero-order valence-corrected chi connectivity index (χ0v) is 11.9. The van der Waals surface area contributed by atoms with Crippen LogP contribution in [0.4, 0.5) is 0 Å². The van der Waals surface area contributed by atoms with Crippen molar-refractivity contribution in [2.75, 3.05) is 26.2 Å². The molecule has 2 nitrogen and oxygen atoms in total. The maximum Gasteiger partial charge on any atom is 0.00128 e. The molecule has 3 rings (SSSR count). The summed E-state index contributed by atoms with van der Waals surface area (Å²) >= 11 is 0. The van der Waals surface area contributed by atoms with E-state index in [1.807, 2.05) is 0 Å². The van der Waals surface area contributed by atoms with Crippen LogP contribution in [0.25, 0.3) is 0 Å². The monoisotopic (exact) mass is 250 g/mol. The number of likely N-dealkylation sites (tertiary alicyclic amines) is 1. The van der Waals surface area contributed by atoms with Gasteiger partial charge in [0.15, 0.2) is 0 Å². The Labute approximate surface area is 112 Å². The van der Waals surface area contributed by atoms with Crippen LogP contribution in [0.3, 0.4) is 0 Å². The van der Waals surface area contributed by atoms with E-state index in [4.69, 9.17) is 5.73 Å². The van der Waals surface area contributed by atoms with Gasteiger partial charge in [-0.3, -0.25) is 0 Å². The molecule has 0 bridgehead atoms. The fraction of sp³-hybridized carbons (Fsp3) is 1.00. The van der Waals surface area contributed by atoms with Crippen LogP contribution in [-0.2, 0) is 0 Å². The molecule has 1 spiro atoms. The molecule has 2 unspecified atom stereocenters. The van der Waals surface area contributed by atoms with Crippen molar-refractivity contribution >= 4 is 0 Å². The highest BCUT2D eigenvalue weighted by atomic mass is 15.1. The highest BCUT2D eigenvalue weighted by Gasteiger charge is 2.37. The Hall–Kier alpha value is -0.0800. The van der Waals surface area contributed by atoms with Crippen molar-refractivity contribution in [3.63, 3.8) is 0 Å². The van der Waals surface area contributed by atoms with Gasteiger partial charge in [-0.1, -0.05) is 19.3 Å². The Kier molecular flexibility index (Phi) is 3.95. The SMILES string of the molecule is NCC1CCCC1CN1CCC2(CCCC2)CC1. The van der Waals surface area contributed by atoms with E-state index in [-0.39, 0.29) is 0 Å². The quantitative estimate of drug-likeness (QED) is 0.834. The third-order valence-electron chi connectivity index (χ3n) is 6.19. The molecule has 2 N–H and O–H groups in total. The predicted molar refractivity (Wildman–Crippen MR) is 76.5 cm³/mol. The van der Waals surface area contributed by atoms with Gasteiger partial charge in [-0.05, 0) is 75.4 Å². The average Bonchev–Trinajstić information content (AvgIpc) is 3.02. The highest BCUT2D eigenvalue weighted by molar-refractivity contribution is 4.91. The minimum atomic E-state index is 0.777. The molecule has 2 heteroatoms. The van der Waals surface area contributed by atoms with Crippen LogP contribution in [0, 0.1) is 17.3 Å². The molecule has 0 aromatic carbocycles. The molecular formula is C16H30N2. The molecule has 0 aromatic heterocycles. The van der Waals surface area contributed by atoms with E-state index < -0.39 is 0 Å². The van der Waals surface area contributed by atoms with Crippen molar-refractivity contribution in [3.05, 3.63) is 0 Å².